The highest BCUT2D eigenvalue weighted by molar-refractivity contribution is 7.91. The molecule has 0 atom stereocenters. The van der Waals surface area contributed by atoms with Gasteiger partial charge in [-0.05, 0) is 42.8 Å². The standard InChI is InChI=1S/C19H19F5N2O3S/c1-2-9-26(10-12-3-5-13(6-4-12)30(28,29)19(23)24)11-16(27)25-15-8-7-14(20)17(21)18(15)22/h3-8,19H,2,9-11H2,1H3,(H,25,27). The van der Waals surface area contributed by atoms with Crippen molar-refractivity contribution in [3.63, 3.8) is 0 Å². The van der Waals surface area contributed by atoms with Crippen LogP contribution in [0.15, 0.2) is 41.3 Å². The molecule has 2 aromatic carbocycles. The first-order chi connectivity index (χ1) is 14.1. The van der Waals surface area contributed by atoms with Gasteiger partial charge in [0, 0.05) is 6.54 Å². The highest BCUT2D eigenvalue weighted by atomic mass is 32.2. The SMILES string of the molecule is CCCN(CC(=O)Nc1ccc(F)c(F)c1F)Cc1ccc(S(=O)(=O)C(F)F)cc1. The molecule has 0 unspecified atom stereocenters. The Labute approximate surface area is 170 Å². The number of alkyl halides is 2. The van der Waals surface area contributed by atoms with Crippen molar-refractivity contribution >= 4 is 21.4 Å². The van der Waals surface area contributed by atoms with E-state index in [1.165, 1.54) is 12.1 Å². The van der Waals surface area contributed by atoms with Crippen LogP contribution in [0.4, 0.5) is 27.6 Å². The van der Waals surface area contributed by atoms with E-state index in [1.807, 2.05) is 6.92 Å². The summed E-state index contributed by atoms with van der Waals surface area (Å²) in [5.41, 5.74) is 0.0559. The summed E-state index contributed by atoms with van der Waals surface area (Å²) in [4.78, 5) is 13.3. The van der Waals surface area contributed by atoms with Crippen molar-refractivity contribution in [2.24, 2.45) is 0 Å². The lowest BCUT2D eigenvalue weighted by molar-refractivity contribution is -0.117. The molecule has 0 saturated heterocycles. The average molecular weight is 450 g/mol. The molecule has 0 aliphatic carbocycles. The van der Waals surface area contributed by atoms with E-state index in [9.17, 15) is 35.2 Å². The summed E-state index contributed by atoms with van der Waals surface area (Å²) in [6, 6.07) is 6.40. The van der Waals surface area contributed by atoms with Crippen LogP contribution in [0.3, 0.4) is 0 Å². The first-order valence-corrected chi connectivity index (χ1v) is 10.4. The van der Waals surface area contributed by atoms with Crippen molar-refractivity contribution in [1.29, 1.82) is 0 Å². The van der Waals surface area contributed by atoms with Crippen molar-refractivity contribution in [2.45, 2.75) is 30.5 Å². The second-order valence-electron chi connectivity index (χ2n) is 6.43. The Balaban J connectivity index is 2.07. The maximum Gasteiger partial charge on any atom is 0.341 e. The molecule has 0 aromatic heterocycles. The van der Waals surface area contributed by atoms with Gasteiger partial charge in [0.05, 0.1) is 17.1 Å². The number of anilines is 1. The van der Waals surface area contributed by atoms with Gasteiger partial charge in [-0.1, -0.05) is 19.1 Å². The van der Waals surface area contributed by atoms with Crippen molar-refractivity contribution in [3.8, 4) is 0 Å². The Morgan fingerprint density at radius 2 is 1.67 bits per heavy atom. The second kappa shape index (κ2) is 9.98. The van der Waals surface area contributed by atoms with E-state index >= 15 is 0 Å². The molecule has 5 nitrogen and oxygen atoms in total. The molecule has 11 heteroatoms. The average Bonchev–Trinajstić information content (AvgIpc) is 2.69. The summed E-state index contributed by atoms with van der Waals surface area (Å²) in [6.07, 6.45) is 0.644. The van der Waals surface area contributed by atoms with E-state index in [0.717, 1.165) is 18.2 Å². The molecule has 1 N–H and O–H groups in total. The normalized spacial score (nSPS) is 11.9. The third-order valence-electron chi connectivity index (χ3n) is 4.11. The van der Waals surface area contributed by atoms with E-state index < -0.39 is 49.5 Å². The van der Waals surface area contributed by atoms with Gasteiger partial charge in [0.2, 0.25) is 15.7 Å². The maximum absolute atomic E-state index is 13.7. The Kier molecular flexibility index (Phi) is 7.90. The molecule has 0 saturated carbocycles. The first-order valence-electron chi connectivity index (χ1n) is 8.83. The molecule has 0 aliphatic rings. The molecule has 2 aromatic rings. The molecule has 1 amide bonds. The molecule has 0 fully saturated rings. The summed E-state index contributed by atoms with van der Waals surface area (Å²) in [5, 5.41) is 2.17. The van der Waals surface area contributed by atoms with Crippen molar-refractivity contribution < 1.29 is 35.2 Å². The van der Waals surface area contributed by atoms with Gasteiger partial charge in [-0.3, -0.25) is 9.69 Å². The molecule has 0 spiro atoms. The minimum absolute atomic E-state index is 0.177. The lowest BCUT2D eigenvalue weighted by Crippen LogP contribution is -2.33. The van der Waals surface area contributed by atoms with Gasteiger partial charge in [-0.25, -0.2) is 21.6 Å². The number of rotatable bonds is 9. The lowest BCUT2D eigenvalue weighted by atomic mass is 10.2. The number of hydrogen-bond acceptors (Lipinski definition) is 4. The molecule has 0 bridgehead atoms. The molecule has 164 valence electrons. The first kappa shape index (κ1) is 23.7. The van der Waals surface area contributed by atoms with Gasteiger partial charge in [-0.15, -0.1) is 0 Å². The monoisotopic (exact) mass is 450 g/mol. The Morgan fingerprint density at radius 3 is 2.23 bits per heavy atom. The van der Waals surface area contributed by atoms with Crippen LogP contribution < -0.4 is 5.32 Å². The van der Waals surface area contributed by atoms with E-state index in [4.69, 9.17) is 0 Å². The number of hydrogen-bond donors (Lipinski definition) is 1. The molecule has 0 aliphatic heterocycles. The van der Waals surface area contributed by atoms with E-state index in [-0.39, 0.29) is 13.1 Å². The lowest BCUT2D eigenvalue weighted by Gasteiger charge is -2.21. The molecule has 2 rings (SSSR count). The predicted octanol–water partition coefficient (Wildman–Crippen LogP) is 3.95. The van der Waals surface area contributed by atoms with Crippen LogP contribution in [0.2, 0.25) is 0 Å². The van der Waals surface area contributed by atoms with Crippen LogP contribution >= 0.6 is 0 Å². The topological polar surface area (TPSA) is 66.5 Å². The summed E-state index contributed by atoms with van der Waals surface area (Å²) in [7, 11) is -4.70. The maximum atomic E-state index is 13.7. The van der Waals surface area contributed by atoms with Crippen LogP contribution in [0.1, 0.15) is 18.9 Å². The summed E-state index contributed by atoms with van der Waals surface area (Å²) in [6.45, 7) is 2.24. The fraction of sp³-hybridized carbons (Fsp3) is 0.316. The minimum atomic E-state index is -4.70. The smallest absolute Gasteiger partial charge is 0.322 e. The van der Waals surface area contributed by atoms with Crippen molar-refractivity contribution in [2.75, 3.05) is 18.4 Å². The van der Waals surface area contributed by atoms with Gasteiger partial charge >= 0.3 is 5.76 Å². The number of nitrogens with one attached hydrogen (secondary N) is 1. The van der Waals surface area contributed by atoms with Crippen LogP contribution in [-0.4, -0.2) is 38.1 Å². The van der Waals surface area contributed by atoms with Gasteiger partial charge in [-0.2, -0.15) is 8.78 Å². The Morgan fingerprint density at radius 1 is 1.03 bits per heavy atom. The molecular weight excluding hydrogens is 431 g/mol. The Hall–Kier alpha value is -2.53. The number of halogens is 5. The zero-order valence-corrected chi connectivity index (χ0v) is 16.7. The summed E-state index contributed by atoms with van der Waals surface area (Å²) in [5.74, 6) is -8.79. The molecule has 0 radical (unpaired) electrons. The quantitative estimate of drug-likeness (QED) is 0.464. The van der Waals surface area contributed by atoms with Gasteiger partial charge in [0.15, 0.2) is 17.5 Å². The number of benzene rings is 2. The van der Waals surface area contributed by atoms with Gasteiger partial charge in [0.25, 0.3) is 0 Å². The highest BCUT2D eigenvalue weighted by Crippen LogP contribution is 2.21. The fourth-order valence-corrected chi connectivity index (χ4v) is 3.41. The number of carbonyl (C=O) groups is 1. The molecule has 30 heavy (non-hydrogen) atoms. The van der Waals surface area contributed by atoms with Crippen molar-refractivity contribution in [1.82, 2.24) is 4.90 Å². The predicted molar refractivity (Wildman–Crippen MR) is 100 cm³/mol. The summed E-state index contributed by atoms with van der Waals surface area (Å²) >= 11 is 0. The highest BCUT2D eigenvalue weighted by Gasteiger charge is 2.26. The van der Waals surface area contributed by atoms with Crippen LogP contribution in [-0.2, 0) is 21.2 Å². The minimum Gasteiger partial charge on any atom is -0.322 e. The zero-order valence-electron chi connectivity index (χ0n) is 15.8. The van der Waals surface area contributed by atoms with Gasteiger partial charge < -0.3 is 5.32 Å². The Bertz CT molecular complexity index is 998. The third kappa shape index (κ3) is 5.76. The number of sulfone groups is 1. The van der Waals surface area contributed by atoms with Crippen LogP contribution in [0.25, 0.3) is 0 Å². The van der Waals surface area contributed by atoms with E-state index in [0.29, 0.717) is 24.6 Å². The fourth-order valence-electron chi connectivity index (χ4n) is 2.69. The molecule has 0 heterocycles. The number of amides is 1. The third-order valence-corrected chi connectivity index (χ3v) is 5.51. The summed E-state index contributed by atoms with van der Waals surface area (Å²) < 4.78 is 88.1. The second-order valence-corrected chi connectivity index (χ2v) is 8.35. The van der Waals surface area contributed by atoms with Crippen LogP contribution in [0, 0.1) is 17.5 Å². The van der Waals surface area contributed by atoms with Gasteiger partial charge in [0.1, 0.15) is 0 Å². The molecular formula is C19H19F5N2O3S. The number of nitrogens with zero attached hydrogens (tertiary/aromatic N) is 1. The van der Waals surface area contributed by atoms with E-state index in [2.05, 4.69) is 5.32 Å². The van der Waals surface area contributed by atoms with Crippen molar-refractivity contribution in [3.05, 3.63) is 59.4 Å². The van der Waals surface area contributed by atoms with Crippen LogP contribution in [0.5, 0.6) is 0 Å². The number of carbonyl (C=O) groups excluding carboxylic acids is 1. The zero-order chi connectivity index (χ0) is 22.5. The van der Waals surface area contributed by atoms with E-state index in [1.54, 1.807) is 4.90 Å². The largest absolute Gasteiger partial charge is 0.341 e.